The number of rotatable bonds is 5. The Balaban J connectivity index is 1.93. The zero-order valence-electron chi connectivity index (χ0n) is 10.0. The number of hydrogen-bond donors (Lipinski definition) is 2. The summed E-state index contributed by atoms with van der Waals surface area (Å²) in [5, 5.41) is 17.9. The van der Waals surface area contributed by atoms with Gasteiger partial charge < -0.3 is 14.9 Å². The van der Waals surface area contributed by atoms with Gasteiger partial charge in [0.1, 0.15) is 12.4 Å². The van der Waals surface area contributed by atoms with Gasteiger partial charge in [-0.3, -0.25) is 0 Å². The van der Waals surface area contributed by atoms with Gasteiger partial charge in [0, 0.05) is 0 Å². The first kappa shape index (κ1) is 12.6. The minimum absolute atomic E-state index is 0.0445. The van der Waals surface area contributed by atoms with Crippen LogP contribution in [0.25, 0.3) is 0 Å². The molecule has 0 fully saturated rings. The van der Waals surface area contributed by atoms with Crippen molar-refractivity contribution in [1.29, 1.82) is 0 Å². The summed E-state index contributed by atoms with van der Waals surface area (Å²) in [6.07, 6.45) is 0. The molecule has 18 heavy (non-hydrogen) atoms. The van der Waals surface area contributed by atoms with Crippen LogP contribution in [0.1, 0.15) is 16.7 Å². The van der Waals surface area contributed by atoms with Crippen LogP contribution in [0.2, 0.25) is 0 Å². The SMILES string of the molecule is OCc1ccc(COc2ccc(CO)cc2)cc1. The van der Waals surface area contributed by atoms with Crippen molar-refractivity contribution in [3.8, 4) is 5.75 Å². The molecule has 0 aliphatic heterocycles. The Hall–Kier alpha value is -1.84. The van der Waals surface area contributed by atoms with E-state index in [9.17, 15) is 0 Å². The molecule has 0 unspecified atom stereocenters. The zero-order valence-corrected chi connectivity index (χ0v) is 10.0. The molecule has 2 N–H and O–H groups in total. The normalized spacial score (nSPS) is 10.3. The first-order chi connectivity index (χ1) is 8.81. The molecule has 0 atom stereocenters. The summed E-state index contributed by atoms with van der Waals surface area (Å²) in [5.74, 6) is 0.776. The lowest BCUT2D eigenvalue weighted by atomic mass is 10.1. The fraction of sp³-hybridized carbons (Fsp3) is 0.200. The maximum absolute atomic E-state index is 8.93. The molecule has 0 saturated heterocycles. The van der Waals surface area contributed by atoms with E-state index in [1.165, 1.54) is 0 Å². The molecule has 3 heteroatoms. The lowest BCUT2D eigenvalue weighted by Crippen LogP contribution is -1.96. The van der Waals surface area contributed by atoms with Crippen LogP contribution in [0, 0.1) is 0 Å². The van der Waals surface area contributed by atoms with E-state index in [1.54, 1.807) is 0 Å². The number of ether oxygens (including phenoxy) is 1. The van der Waals surface area contributed by atoms with E-state index in [2.05, 4.69) is 0 Å². The summed E-state index contributed by atoms with van der Waals surface area (Å²) in [7, 11) is 0. The van der Waals surface area contributed by atoms with Crippen molar-refractivity contribution in [2.45, 2.75) is 19.8 Å². The molecule has 2 rings (SSSR count). The fourth-order valence-electron chi connectivity index (χ4n) is 1.60. The highest BCUT2D eigenvalue weighted by Gasteiger charge is 1.97. The molecule has 0 spiro atoms. The highest BCUT2D eigenvalue weighted by Crippen LogP contribution is 2.14. The van der Waals surface area contributed by atoms with Crippen molar-refractivity contribution in [2.24, 2.45) is 0 Å². The van der Waals surface area contributed by atoms with Gasteiger partial charge in [0.05, 0.1) is 13.2 Å². The van der Waals surface area contributed by atoms with Crippen LogP contribution >= 0.6 is 0 Å². The Bertz CT molecular complexity index is 427. The van der Waals surface area contributed by atoms with Gasteiger partial charge >= 0.3 is 0 Å². The van der Waals surface area contributed by atoms with E-state index in [4.69, 9.17) is 14.9 Å². The van der Waals surface area contributed by atoms with Crippen LogP contribution in [-0.2, 0) is 19.8 Å². The van der Waals surface area contributed by atoms with E-state index >= 15 is 0 Å². The van der Waals surface area contributed by atoms with Gasteiger partial charge in [0.15, 0.2) is 0 Å². The Kier molecular flexibility index (Phi) is 4.34. The van der Waals surface area contributed by atoms with Crippen molar-refractivity contribution in [3.05, 3.63) is 65.2 Å². The number of aliphatic hydroxyl groups is 2. The van der Waals surface area contributed by atoms with Crippen LogP contribution in [0.3, 0.4) is 0 Å². The molecule has 0 saturated carbocycles. The van der Waals surface area contributed by atoms with Gasteiger partial charge in [0.25, 0.3) is 0 Å². The van der Waals surface area contributed by atoms with Gasteiger partial charge in [-0.1, -0.05) is 36.4 Å². The zero-order chi connectivity index (χ0) is 12.8. The highest BCUT2D eigenvalue weighted by atomic mass is 16.5. The second-order valence-corrected chi connectivity index (χ2v) is 4.07. The van der Waals surface area contributed by atoms with Gasteiger partial charge in [-0.2, -0.15) is 0 Å². The predicted molar refractivity (Wildman–Crippen MR) is 69.1 cm³/mol. The summed E-state index contributed by atoms with van der Waals surface area (Å²) in [5.41, 5.74) is 2.82. The highest BCUT2D eigenvalue weighted by molar-refractivity contribution is 5.27. The molecule has 0 heterocycles. The monoisotopic (exact) mass is 244 g/mol. The molecule has 0 bridgehead atoms. The Morgan fingerprint density at radius 3 is 1.61 bits per heavy atom. The van der Waals surface area contributed by atoms with Gasteiger partial charge in [-0.25, -0.2) is 0 Å². The molecule has 2 aromatic carbocycles. The topological polar surface area (TPSA) is 49.7 Å². The van der Waals surface area contributed by atoms with Gasteiger partial charge in [-0.15, -0.1) is 0 Å². The minimum Gasteiger partial charge on any atom is -0.489 e. The van der Waals surface area contributed by atoms with Gasteiger partial charge in [0.2, 0.25) is 0 Å². The van der Waals surface area contributed by atoms with Crippen LogP contribution in [0.4, 0.5) is 0 Å². The van der Waals surface area contributed by atoms with E-state index < -0.39 is 0 Å². The first-order valence-corrected chi connectivity index (χ1v) is 5.83. The standard InChI is InChI=1S/C15H16O3/c16-9-12-1-3-14(4-2-12)11-18-15-7-5-13(10-17)6-8-15/h1-8,16-17H,9-11H2. The Labute approximate surface area is 106 Å². The molecule has 0 aliphatic rings. The molecule has 2 aromatic rings. The summed E-state index contributed by atoms with van der Waals surface area (Å²) in [6.45, 7) is 0.594. The van der Waals surface area contributed by atoms with E-state index in [0.29, 0.717) is 6.61 Å². The van der Waals surface area contributed by atoms with Crippen molar-refractivity contribution in [1.82, 2.24) is 0 Å². The maximum atomic E-state index is 8.93. The first-order valence-electron chi connectivity index (χ1n) is 5.83. The number of hydrogen-bond acceptors (Lipinski definition) is 3. The van der Waals surface area contributed by atoms with Crippen LogP contribution in [0.5, 0.6) is 5.75 Å². The van der Waals surface area contributed by atoms with Crippen LogP contribution < -0.4 is 4.74 Å². The molecule has 0 radical (unpaired) electrons. The molecule has 0 aliphatic carbocycles. The third kappa shape index (κ3) is 3.32. The summed E-state index contributed by atoms with van der Waals surface area (Å²) >= 11 is 0. The molecule has 0 aromatic heterocycles. The minimum atomic E-state index is 0.0445. The number of aliphatic hydroxyl groups excluding tert-OH is 2. The maximum Gasteiger partial charge on any atom is 0.119 e. The van der Waals surface area contributed by atoms with Crippen molar-refractivity contribution in [3.63, 3.8) is 0 Å². The Morgan fingerprint density at radius 2 is 1.11 bits per heavy atom. The molecular weight excluding hydrogens is 228 g/mol. The lowest BCUT2D eigenvalue weighted by Gasteiger charge is -2.07. The van der Waals surface area contributed by atoms with E-state index in [1.807, 2.05) is 48.5 Å². The Morgan fingerprint density at radius 1 is 0.667 bits per heavy atom. The van der Waals surface area contributed by atoms with Crippen molar-refractivity contribution >= 4 is 0 Å². The fourth-order valence-corrected chi connectivity index (χ4v) is 1.60. The summed E-state index contributed by atoms with van der Waals surface area (Å²) < 4.78 is 5.62. The average Bonchev–Trinajstić information content (AvgIpc) is 2.46. The molecule has 94 valence electrons. The van der Waals surface area contributed by atoms with E-state index in [-0.39, 0.29) is 13.2 Å². The number of benzene rings is 2. The quantitative estimate of drug-likeness (QED) is 0.848. The van der Waals surface area contributed by atoms with E-state index in [0.717, 1.165) is 22.4 Å². The molecular formula is C15H16O3. The lowest BCUT2D eigenvalue weighted by molar-refractivity contribution is 0.280. The van der Waals surface area contributed by atoms with Crippen molar-refractivity contribution in [2.75, 3.05) is 0 Å². The van der Waals surface area contributed by atoms with Crippen molar-refractivity contribution < 1.29 is 14.9 Å². The second kappa shape index (κ2) is 6.19. The molecule has 0 amide bonds. The summed E-state index contributed by atoms with van der Waals surface area (Å²) in [6, 6.07) is 15.0. The smallest absolute Gasteiger partial charge is 0.119 e. The molecule has 3 nitrogen and oxygen atoms in total. The third-order valence-electron chi connectivity index (χ3n) is 2.72. The largest absolute Gasteiger partial charge is 0.489 e. The third-order valence-corrected chi connectivity index (χ3v) is 2.72. The predicted octanol–water partition coefficient (Wildman–Crippen LogP) is 2.25. The summed E-state index contributed by atoms with van der Waals surface area (Å²) in [4.78, 5) is 0. The van der Waals surface area contributed by atoms with Crippen LogP contribution in [0.15, 0.2) is 48.5 Å². The average molecular weight is 244 g/mol. The van der Waals surface area contributed by atoms with Crippen LogP contribution in [-0.4, -0.2) is 10.2 Å². The second-order valence-electron chi connectivity index (χ2n) is 4.07. The van der Waals surface area contributed by atoms with Gasteiger partial charge in [-0.05, 0) is 28.8 Å².